The Hall–Kier alpha value is -0.920. The molecule has 3 N–H and O–H groups in total. The fourth-order valence-corrected chi connectivity index (χ4v) is 0.730. The van der Waals surface area contributed by atoms with Gasteiger partial charge in [0.05, 0.1) is 6.10 Å². The van der Waals surface area contributed by atoms with Crippen LogP contribution in [0.1, 0.15) is 20.8 Å². The Morgan fingerprint density at radius 2 is 1.79 bits per heavy atom. The smallest absolute Gasteiger partial charge is 0.366 e. The molecule has 0 aromatic heterocycles. The van der Waals surface area contributed by atoms with Crippen LogP contribution < -0.4 is 5.73 Å². The lowest BCUT2D eigenvalue weighted by Crippen LogP contribution is -2.10. The largest absolute Gasteiger partial charge is 0.397 e. The van der Waals surface area contributed by atoms with E-state index < -0.39 is 22.4 Å². The van der Waals surface area contributed by atoms with Crippen LogP contribution in [0.5, 0.6) is 0 Å². The SMILES string of the molecule is C=C(C)C(N)=O.CC(C)OS(=O)(=O)O. The fourth-order valence-electron chi connectivity index (χ4n) is 0.243. The highest BCUT2D eigenvalue weighted by Gasteiger charge is 2.05. The quantitative estimate of drug-likeness (QED) is 0.529. The van der Waals surface area contributed by atoms with Crippen LogP contribution in [0.4, 0.5) is 0 Å². The van der Waals surface area contributed by atoms with Crippen molar-refractivity contribution in [2.24, 2.45) is 5.73 Å². The van der Waals surface area contributed by atoms with Crippen molar-refractivity contribution in [1.29, 1.82) is 0 Å². The third-order valence-electron chi connectivity index (χ3n) is 0.735. The molecule has 14 heavy (non-hydrogen) atoms. The molecule has 0 aromatic rings. The zero-order valence-corrected chi connectivity index (χ0v) is 9.17. The Morgan fingerprint density at radius 3 is 1.79 bits per heavy atom. The van der Waals surface area contributed by atoms with Gasteiger partial charge in [0.15, 0.2) is 0 Å². The van der Waals surface area contributed by atoms with Crippen molar-refractivity contribution < 1.29 is 21.9 Å². The summed E-state index contributed by atoms with van der Waals surface area (Å²) in [7, 11) is -4.22. The van der Waals surface area contributed by atoms with Crippen LogP contribution in [0.2, 0.25) is 0 Å². The molecule has 0 aliphatic carbocycles. The molecule has 6 nitrogen and oxygen atoms in total. The maximum Gasteiger partial charge on any atom is 0.397 e. The van der Waals surface area contributed by atoms with Gasteiger partial charge in [0.25, 0.3) is 0 Å². The molecule has 0 saturated carbocycles. The van der Waals surface area contributed by atoms with Crippen LogP contribution in [0.15, 0.2) is 12.2 Å². The Morgan fingerprint density at radius 1 is 1.50 bits per heavy atom. The lowest BCUT2D eigenvalue weighted by molar-refractivity contribution is -0.114. The molecule has 0 aliphatic heterocycles. The molecule has 0 saturated heterocycles. The van der Waals surface area contributed by atoms with Gasteiger partial charge >= 0.3 is 10.4 Å². The molecule has 0 unspecified atom stereocenters. The van der Waals surface area contributed by atoms with Crippen LogP contribution >= 0.6 is 0 Å². The van der Waals surface area contributed by atoms with E-state index in [0.717, 1.165) is 0 Å². The van der Waals surface area contributed by atoms with Crippen molar-refractivity contribution in [1.82, 2.24) is 0 Å². The maximum absolute atomic E-state index is 9.82. The minimum absolute atomic E-state index is 0.398. The van der Waals surface area contributed by atoms with Crippen molar-refractivity contribution in [2.75, 3.05) is 0 Å². The molecular formula is C7H15NO5S. The highest BCUT2D eigenvalue weighted by molar-refractivity contribution is 7.80. The van der Waals surface area contributed by atoms with Gasteiger partial charge in [0.2, 0.25) is 5.91 Å². The summed E-state index contributed by atoms with van der Waals surface area (Å²) >= 11 is 0. The second-order valence-electron chi connectivity index (χ2n) is 2.72. The van der Waals surface area contributed by atoms with Gasteiger partial charge in [-0.25, -0.2) is 4.18 Å². The van der Waals surface area contributed by atoms with Gasteiger partial charge in [-0.05, 0) is 20.8 Å². The van der Waals surface area contributed by atoms with Crippen LogP contribution in [-0.2, 0) is 19.4 Å². The number of carbonyl (C=O) groups excluding carboxylic acids is 1. The zero-order chi connectivity index (χ0) is 11.9. The van der Waals surface area contributed by atoms with Crippen molar-refractivity contribution >= 4 is 16.3 Å². The number of nitrogens with two attached hydrogens (primary N) is 1. The molecule has 0 fully saturated rings. The first-order valence-electron chi connectivity index (χ1n) is 3.67. The summed E-state index contributed by atoms with van der Waals surface area (Å²) < 4.78 is 31.5. The van der Waals surface area contributed by atoms with Gasteiger partial charge in [-0.15, -0.1) is 0 Å². The standard InChI is InChI=1S/C4H7NO.C3H8O4S/c1-3(2)4(5)6;1-3(2)7-8(4,5)6/h1H2,2H3,(H2,5,6);3H,1-2H3,(H,4,5,6). The van der Waals surface area contributed by atoms with Gasteiger partial charge in [0, 0.05) is 5.57 Å². The Labute approximate surface area is 83.7 Å². The van der Waals surface area contributed by atoms with E-state index in [1.165, 1.54) is 13.8 Å². The van der Waals surface area contributed by atoms with Crippen LogP contribution in [0.25, 0.3) is 0 Å². The fraction of sp³-hybridized carbons (Fsp3) is 0.571. The molecular weight excluding hydrogens is 210 g/mol. The lowest BCUT2D eigenvalue weighted by Gasteiger charge is -1.99. The third kappa shape index (κ3) is 17.2. The van der Waals surface area contributed by atoms with Crippen LogP contribution in [-0.4, -0.2) is 25.0 Å². The molecule has 1 amide bonds. The summed E-state index contributed by atoms with van der Waals surface area (Å²) in [5, 5.41) is 0. The van der Waals surface area contributed by atoms with Crippen molar-refractivity contribution in [3.63, 3.8) is 0 Å². The monoisotopic (exact) mass is 225 g/mol. The van der Waals surface area contributed by atoms with E-state index in [9.17, 15) is 13.2 Å². The van der Waals surface area contributed by atoms with Gasteiger partial charge in [0.1, 0.15) is 0 Å². The summed E-state index contributed by atoms with van der Waals surface area (Å²) in [6, 6.07) is 0. The molecule has 0 bridgehead atoms. The first kappa shape index (κ1) is 15.5. The third-order valence-corrected chi connectivity index (χ3v) is 1.36. The summed E-state index contributed by atoms with van der Waals surface area (Å²) in [5.41, 5.74) is 5.09. The van der Waals surface area contributed by atoms with E-state index in [0.29, 0.717) is 5.57 Å². The second-order valence-corrected chi connectivity index (χ2v) is 3.77. The average molecular weight is 225 g/mol. The Kier molecular flexibility index (Phi) is 7.24. The minimum Gasteiger partial charge on any atom is -0.366 e. The Bertz CT molecular complexity index is 281. The molecule has 0 radical (unpaired) electrons. The minimum atomic E-state index is -4.22. The highest BCUT2D eigenvalue weighted by Crippen LogP contribution is 1.92. The number of primary amides is 1. The van der Waals surface area contributed by atoms with E-state index in [4.69, 9.17) is 10.3 Å². The van der Waals surface area contributed by atoms with E-state index in [2.05, 4.69) is 10.8 Å². The average Bonchev–Trinajstić information content (AvgIpc) is 1.81. The second kappa shape index (κ2) is 6.52. The van der Waals surface area contributed by atoms with E-state index in [-0.39, 0.29) is 0 Å². The predicted molar refractivity (Wildman–Crippen MR) is 51.8 cm³/mol. The first-order chi connectivity index (χ1) is 6.06. The van der Waals surface area contributed by atoms with Gasteiger partial charge in [-0.2, -0.15) is 8.42 Å². The number of hydrogen-bond acceptors (Lipinski definition) is 4. The molecule has 0 heterocycles. The van der Waals surface area contributed by atoms with Gasteiger partial charge in [-0.3, -0.25) is 9.35 Å². The van der Waals surface area contributed by atoms with E-state index >= 15 is 0 Å². The van der Waals surface area contributed by atoms with Crippen LogP contribution in [0, 0.1) is 0 Å². The summed E-state index contributed by atoms with van der Waals surface area (Å²) in [4.78, 5) is 9.82. The first-order valence-corrected chi connectivity index (χ1v) is 5.03. The van der Waals surface area contributed by atoms with E-state index in [1.54, 1.807) is 6.92 Å². The number of carbonyl (C=O) groups is 1. The summed E-state index contributed by atoms with van der Waals surface area (Å²) in [6.45, 7) is 7.87. The summed E-state index contributed by atoms with van der Waals surface area (Å²) in [6.07, 6.45) is -0.495. The molecule has 84 valence electrons. The molecule has 0 spiro atoms. The zero-order valence-electron chi connectivity index (χ0n) is 8.35. The predicted octanol–water partition coefficient (Wildman–Crippen LogP) is 0.262. The number of amides is 1. The van der Waals surface area contributed by atoms with Gasteiger partial charge < -0.3 is 5.73 Å². The van der Waals surface area contributed by atoms with E-state index in [1.807, 2.05) is 0 Å². The van der Waals surface area contributed by atoms with Gasteiger partial charge in [-0.1, -0.05) is 6.58 Å². The molecule has 0 aromatic carbocycles. The van der Waals surface area contributed by atoms with Crippen molar-refractivity contribution in [3.8, 4) is 0 Å². The van der Waals surface area contributed by atoms with Crippen molar-refractivity contribution in [3.05, 3.63) is 12.2 Å². The molecule has 7 heteroatoms. The maximum atomic E-state index is 9.82. The lowest BCUT2D eigenvalue weighted by atomic mass is 10.3. The Balaban J connectivity index is 0. The normalized spacial score (nSPS) is 10.4. The molecule has 0 atom stereocenters. The molecule has 0 aliphatic rings. The number of rotatable bonds is 3. The van der Waals surface area contributed by atoms with Crippen molar-refractivity contribution in [2.45, 2.75) is 26.9 Å². The number of hydrogen-bond donors (Lipinski definition) is 2. The summed E-state index contributed by atoms with van der Waals surface area (Å²) in [5.74, 6) is -0.435. The van der Waals surface area contributed by atoms with Crippen LogP contribution in [0.3, 0.4) is 0 Å². The highest BCUT2D eigenvalue weighted by atomic mass is 32.3. The molecule has 0 rings (SSSR count). The topological polar surface area (TPSA) is 107 Å².